The predicted octanol–water partition coefficient (Wildman–Crippen LogP) is 3.29. The molecule has 2 N–H and O–H groups in total. The molecule has 1 fully saturated rings. The fourth-order valence-electron chi connectivity index (χ4n) is 3.17. The third-order valence-electron chi connectivity index (χ3n) is 4.32. The molecule has 1 aromatic carbocycles. The van der Waals surface area contributed by atoms with E-state index in [1.54, 1.807) is 17.8 Å². The van der Waals surface area contributed by atoms with Crippen LogP contribution in [0.1, 0.15) is 37.8 Å². The number of benzene rings is 1. The standard InChI is InChI=1S/C16H21FN2OS.ClH/c1-10-8-11(4-6-18-10)16(20)19-14-5-7-21-15-3-2-12(17)9-13(14)15;/h2-3,9-11,14,18H,4-8H2,1H3,(H,19,20);1H/t10-,11-,14?;/m0./s1. The number of hydrogen-bond acceptors (Lipinski definition) is 3. The highest BCUT2D eigenvalue weighted by Gasteiger charge is 2.28. The zero-order valence-electron chi connectivity index (χ0n) is 12.6. The summed E-state index contributed by atoms with van der Waals surface area (Å²) in [5.74, 6) is 0.931. The molecule has 3 rings (SSSR count). The summed E-state index contributed by atoms with van der Waals surface area (Å²) in [7, 11) is 0. The van der Waals surface area contributed by atoms with Gasteiger partial charge in [0.2, 0.25) is 5.91 Å². The van der Waals surface area contributed by atoms with Crippen molar-refractivity contribution in [3.05, 3.63) is 29.6 Å². The van der Waals surface area contributed by atoms with Gasteiger partial charge in [0.05, 0.1) is 6.04 Å². The summed E-state index contributed by atoms with van der Waals surface area (Å²) in [5.41, 5.74) is 0.932. The number of nitrogens with one attached hydrogen (secondary N) is 2. The summed E-state index contributed by atoms with van der Waals surface area (Å²) in [4.78, 5) is 13.6. The molecule has 1 aromatic rings. The Bertz CT molecular complexity index is 543. The van der Waals surface area contributed by atoms with Gasteiger partial charge in [-0.15, -0.1) is 24.2 Å². The van der Waals surface area contributed by atoms with Crippen molar-refractivity contribution in [1.82, 2.24) is 10.6 Å². The van der Waals surface area contributed by atoms with Crippen LogP contribution < -0.4 is 10.6 Å². The van der Waals surface area contributed by atoms with Crippen molar-refractivity contribution in [2.45, 2.75) is 43.2 Å². The molecule has 0 bridgehead atoms. The van der Waals surface area contributed by atoms with Crippen LogP contribution in [0.2, 0.25) is 0 Å². The topological polar surface area (TPSA) is 41.1 Å². The number of amides is 1. The third kappa shape index (κ3) is 3.94. The molecule has 6 heteroatoms. The number of carbonyl (C=O) groups is 1. The van der Waals surface area contributed by atoms with Crippen molar-refractivity contribution >= 4 is 30.1 Å². The second-order valence-corrected chi connectivity index (χ2v) is 7.09. The highest BCUT2D eigenvalue weighted by molar-refractivity contribution is 7.99. The van der Waals surface area contributed by atoms with Crippen LogP contribution in [0.3, 0.4) is 0 Å². The lowest BCUT2D eigenvalue weighted by molar-refractivity contribution is -0.126. The lowest BCUT2D eigenvalue weighted by atomic mass is 9.91. The van der Waals surface area contributed by atoms with Crippen molar-refractivity contribution in [3.8, 4) is 0 Å². The van der Waals surface area contributed by atoms with Crippen LogP contribution in [0.25, 0.3) is 0 Å². The Hall–Kier alpha value is -0.780. The van der Waals surface area contributed by atoms with E-state index in [-0.39, 0.29) is 36.1 Å². The van der Waals surface area contributed by atoms with Crippen LogP contribution in [0.4, 0.5) is 4.39 Å². The van der Waals surface area contributed by atoms with E-state index in [0.717, 1.165) is 42.0 Å². The van der Waals surface area contributed by atoms with E-state index < -0.39 is 0 Å². The first-order valence-corrected chi connectivity index (χ1v) is 8.58. The minimum Gasteiger partial charge on any atom is -0.349 e. The average molecular weight is 345 g/mol. The van der Waals surface area contributed by atoms with Crippen LogP contribution in [-0.4, -0.2) is 24.2 Å². The number of carbonyl (C=O) groups excluding carboxylic acids is 1. The van der Waals surface area contributed by atoms with E-state index in [0.29, 0.717) is 6.04 Å². The van der Waals surface area contributed by atoms with Crippen molar-refractivity contribution in [2.75, 3.05) is 12.3 Å². The minimum absolute atomic E-state index is 0. The van der Waals surface area contributed by atoms with Crippen LogP contribution in [0.5, 0.6) is 0 Å². The summed E-state index contributed by atoms with van der Waals surface area (Å²) in [6.07, 6.45) is 2.63. The Morgan fingerprint density at radius 2 is 2.23 bits per heavy atom. The molecule has 3 atom stereocenters. The van der Waals surface area contributed by atoms with Crippen molar-refractivity contribution in [2.24, 2.45) is 5.92 Å². The molecule has 1 saturated heterocycles. The first-order valence-electron chi connectivity index (χ1n) is 7.59. The van der Waals surface area contributed by atoms with Gasteiger partial charge in [0.1, 0.15) is 5.82 Å². The molecule has 1 amide bonds. The number of thioether (sulfide) groups is 1. The molecule has 1 unspecified atom stereocenters. The number of rotatable bonds is 2. The summed E-state index contributed by atoms with van der Waals surface area (Å²) >= 11 is 1.74. The van der Waals surface area contributed by atoms with Gasteiger partial charge in [0.25, 0.3) is 0 Å². The van der Waals surface area contributed by atoms with E-state index in [2.05, 4.69) is 17.6 Å². The largest absolute Gasteiger partial charge is 0.349 e. The van der Waals surface area contributed by atoms with E-state index in [1.165, 1.54) is 6.07 Å². The molecule has 0 aromatic heterocycles. The van der Waals surface area contributed by atoms with Gasteiger partial charge in [-0.05, 0) is 56.5 Å². The molecule has 0 spiro atoms. The van der Waals surface area contributed by atoms with Crippen molar-refractivity contribution < 1.29 is 9.18 Å². The molecule has 22 heavy (non-hydrogen) atoms. The number of halogens is 2. The summed E-state index contributed by atoms with van der Waals surface area (Å²) in [6, 6.07) is 5.22. The van der Waals surface area contributed by atoms with Gasteiger partial charge in [-0.3, -0.25) is 4.79 Å². The van der Waals surface area contributed by atoms with Crippen LogP contribution >= 0.6 is 24.2 Å². The lowest BCUT2D eigenvalue weighted by Crippen LogP contribution is -2.43. The number of piperidine rings is 1. The van der Waals surface area contributed by atoms with Gasteiger partial charge in [-0.25, -0.2) is 4.39 Å². The van der Waals surface area contributed by atoms with Gasteiger partial charge < -0.3 is 10.6 Å². The first kappa shape index (κ1) is 17.6. The van der Waals surface area contributed by atoms with Gasteiger partial charge in [-0.1, -0.05) is 0 Å². The quantitative estimate of drug-likeness (QED) is 0.865. The molecule has 0 radical (unpaired) electrons. The lowest BCUT2D eigenvalue weighted by Gasteiger charge is -2.31. The second-order valence-electron chi connectivity index (χ2n) is 5.96. The Balaban J connectivity index is 0.00000176. The van der Waals surface area contributed by atoms with Crippen molar-refractivity contribution in [3.63, 3.8) is 0 Å². The van der Waals surface area contributed by atoms with Crippen LogP contribution in [0, 0.1) is 11.7 Å². The minimum atomic E-state index is -0.231. The molecule has 122 valence electrons. The Morgan fingerprint density at radius 1 is 1.41 bits per heavy atom. The maximum atomic E-state index is 13.5. The Labute approximate surface area is 141 Å². The van der Waals surface area contributed by atoms with E-state index in [1.807, 2.05) is 6.07 Å². The first-order chi connectivity index (χ1) is 10.1. The van der Waals surface area contributed by atoms with Gasteiger partial charge >= 0.3 is 0 Å². The maximum absolute atomic E-state index is 13.5. The molecule has 2 heterocycles. The molecule has 2 aliphatic heterocycles. The normalized spacial score (nSPS) is 27.5. The zero-order valence-corrected chi connectivity index (χ0v) is 14.2. The Morgan fingerprint density at radius 3 is 3.00 bits per heavy atom. The predicted molar refractivity (Wildman–Crippen MR) is 90.1 cm³/mol. The highest BCUT2D eigenvalue weighted by Crippen LogP contribution is 2.36. The fourth-order valence-corrected chi connectivity index (χ4v) is 4.28. The molecule has 3 nitrogen and oxygen atoms in total. The zero-order chi connectivity index (χ0) is 14.8. The summed E-state index contributed by atoms with van der Waals surface area (Å²) < 4.78 is 13.5. The molecular weight excluding hydrogens is 323 g/mol. The molecule has 0 saturated carbocycles. The van der Waals surface area contributed by atoms with Gasteiger partial charge in [0.15, 0.2) is 0 Å². The number of fused-ring (bicyclic) bond motifs is 1. The molecular formula is C16H22ClFN2OS. The van der Waals surface area contributed by atoms with E-state index in [9.17, 15) is 9.18 Å². The van der Waals surface area contributed by atoms with Gasteiger partial charge in [0, 0.05) is 22.6 Å². The fraction of sp³-hybridized carbons (Fsp3) is 0.562. The average Bonchev–Trinajstić information content (AvgIpc) is 2.48. The maximum Gasteiger partial charge on any atom is 0.223 e. The number of hydrogen-bond donors (Lipinski definition) is 2. The monoisotopic (exact) mass is 344 g/mol. The SMILES string of the molecule is C[C@H]1C[C@@H](C(=O)NC2CCSc3ccc(F)cc32)CCN1.Cl. The smallest absolute Gasteiger partial charge is 0.223 e. The Kier molecular flexibility index (Phi) is 6.12. The van der Waals surface area contributed by atoms with Crippen molar-refractivity contribution in [1.29, 1.82) is 0 Å². The van der Waals surface area contributed by atoms with Gasteiger partial charge in [-0.2, -0.15) is 0 Å². The third-order valence-corrected chi connectivity index (χ3v) is 5.44. The van der Waals surface area contributed by atoms with E-state index >= 15 is 0 Å². The van der Waals surface area contributed by atoms with E-state index in [4.69, 9.17) is 0 Å². The second kappa shape index (κ2) is 7.66. The summed E-state index contributed by atoms with van der Waals surface area (Å²) in [5, 5.41) is 6.51. The molecule has 2 aliphatic rings. The summed E-state index contributed by atoms with van der Waals surface area (Å²) in [6.45, 7) is 3.01. The molecule has 0 aliphatic carbocycles. The van der Waals surface area contributed by atoms with Crippen LogP contribution in [-0.2, 0) is 4.79 Å². The van der Waals surface area contributed by atoms with Crippen LogP contribution in [0.15, 0.2) is 23.1 Å². The highest BCUT2D eigenvalue weighted by atomic mass is 35.5.